The van der Waals surface area contributed by atoms with Gasteiger partial charge in [0.05, 0.1) is 26.0 Å². The molecule has 1 aromatic heterocycles. The van der Waals surface area contributed by atoms with Gasteiger partial charge in [-0.3, -0.25) is 0 Å². The highest BCUT2D eigenvalue weighted by molar-refractivity contribution is 7.99. The largest absolute Gasteiger partial charge is 0.550 e. The monoisotopic (exact) mass is 719 g/mol. The van der Waals surface area contributed by atoms with Gasteiger partial charge in [0.15, 0.2) is 6.20 Å². The molecule has 0 bridgehead atoms. The molecular weight excluding hydrogens is 649 g/mol. The zero-order valence-corrected chi connectivity index (χ0v) is 33.0. The fraction of sp³-hybridized carbons (Fsp3) is 0.800. The van der Waals surface area contributed by atoms with Gasteiger partial charge in [-0.05, 0) is 55.4 Å². The molecule has 0 N–H and O–H groups in total. The molecule has 286 valence electrons. The topological polar surface area (TPSA) is 99.9 Å². The number of carbonyl (C=O) groups excluding carboxylic acids is 1. The Balaban J connectivity index is 1.53. The maximum absolute atomic E-state index is 10.5. The minimum absolute atomic E-state index is 0.116. The third-order valence-corrected chi connectivity index (χ3v) is 10.4. The van der Waals surface area contributed by atoms with Gasteiger partial charge in [-0.2, -0.15) is 16.3 Å². The van der Waals surface area contributed by atoms with Crippen molar-refractivity contribution in [3.05, 3.63) is 30.9 Å². The fourth-order valence-electron chi connectivity index (χ4n) is 6.08. The quantitative estimate of drug-likeness (QED) is 0.0551. The Bertz CT molecular complexity index is 1040. The molecule has 2 heterocycles. The molecule has 0 amide bonds. The number of unbranched alkanes of at least 4 members (excludes halogenated alkanes) is 2. The number of thioether (sulfide) groups is 1. The smallest absolute Gasteiger partial charge is 0.316 e. The standard InChI is InChI=1S/C40H70N4O5S/c1-34(2)13-9-14-35(3)15-10-16-36(4)17-11-18-37(5)20-27-48-31-38(49-40-41-21-12-22-42-40)32-50-30-29-47-28-26-44-25-24-43(33-44)23-8-6-7-19-39(45)46/h12,21-25,34-38H,6-11,13-20,26-33H2,1-5H3. The SMILES string of the molecule is CC(C)CCCC(C)CCCC(C)CCCC(C)CCOCC(CSCCOCCN1C=C[N+](=CCCCCC(=O)[O-])C1)Oc1ncccn1. The van der Waals surface area contributed by atoms with Crippen molar-refractivity contribution in [3.63, 3.8) is 0 Å². The lowest BCUT2D eigenvalue weighted by Crippen LogP contribution is -2.27. The molecule has 0 fully saturated rings. The minimum atomic E-state index is -0.973. The van der Waals surface area contributed by atoms with Crippen LogP contribution in [-0.4, -0.2) is 88.9 Å². The van der Waals surface area contributed by atoms with Crippen molar-refractivity contribution >= 4 is 23.9 Å². The summed E-state index contributed by atoms with van der Waals surface area (Å²) in [6.07, 6.45) is 25.3. The Labute approximate surface area is 309 Å². The van der Waals surface area contributed by atoms with Crippen molar-refractivity contribution in [1.82, 2.24) is 14.9 Å². The molecule has 0 saturated carbocycles. The second-order valence-corrected chi connectivity index (χ2v) is 16.0. The molecule has 1 aliphatic heterocycles. The molecule has 0 saturated heterocycles. The van der Waals surface area contributed by atoms with Gasteiger partial charge in [0.2, 0.25) is 6.67 Å². The van der Waals surface area contributed by atoms with Gasteiger partial charge in [-0.25, -0.2) is 9.97 Å². The molecule has 10 heteroatoms. The summed E-state index contributed by atoms with van der Waals surface area (Å²) in [5, 5.41) is 10.5. The number of carbonyl (C=O) groups is 1. The van der Waals surface area contributed by atoms with E-state index in [1.165, 1.54) is 57.8 Å². The number of aromatic nitrogens is 2. The van der Waals surface area contributed by atoms with Gasteiger partial charge in [-0.15, -0.1) is 0 Å². The Morgan fingerprint density at radius 2 is 1.54 bits per heavy atom. The van der Waals surface area contributed by atoms with Crippen molar-refractivity contribution in [2.45, 2.75) is 131 Å². The summed E-state index contributed by atoms with van der Waals surface area (Å²) in [6, 6.07) is 2.18. The van der Waals surface area contributed by atoms with Crippen LogP contribution < -0.4 is 9.84 Å². The van der Waals surface area contributed by atoms with Crippen molar-refractivity contribution in [2.75, 3.05) is 51.1 Å². The van der Waals surface area contributed by atoms with E-state index < -0.39 is 5.97 Å². The average molecular weight is 719 g/mol. The molecule has 4 unspecified atom stereocenters. The van der Waals surface area contributed by atoms with Gasteiger partial charge in [0.1, 0.15) is 12.3 Å². The predicted molar refractivity (Wildman–Crippen MR) is 204 cm³/mol. The van der Waals surface area contributed by atoms with E-state index in [9.17, 15) is 9.90 Å². The number of carboxylic acids is 1. The lowest BCUT2D eigenvalue weighted by Gasteiger charge is -2.19. The second kappa shape index (κ2) is 28.4. The first kappa shape index (κ1) is 44.0. The van der Waals surface area contributed by atoms with Crippen LogP contribution in [0.3, 0.4) is 0 Å². The van der Waals surface area contributed by atoms with Crippen molar-refractivity contribution in [2.24, 2.45) is 23.7 Å². The zero-order valence-electron chi connectivity index (χ0n) is 32.1. The Hall–Kier alpha value is -2.17. The van der Waals surface area contributed by atoms with E-state index in [4.69, 9.17) is 14.2 Å². The van der Waals surface area contributed by atoms with Crippen molar-refractivity contribution < 1.29 is 28.7 Å². The van der Waals surface area contributed by atoms with E-state index in [0.717, 1.165) is 68.3 Å². The fourth-order valence-corrected chi connectivity index (χ4v) is 6.91. The van der Waals surface area contributed by atoms with Crippen LogP contribution >= 0.6 is 11.8 Å². The van der Waals surface area contributed by atoms with Gasteiger partial charge in [0.25, 0.3) is 0 Å². The zero-order chi connectivity index (χ0) is 36.2. The Morgan fingerprint density at radius 1 is 0.880 bits per heavy atom. The summed E-state index contributed by atoms with van der Waals surface area (Å²) in [5.41, 5.74) is 0. The van der Waals surface area contributed by atoms with Crippen LogP contribution in [0.4, 0.5) is 0 Å². The lowest BCUT2D eigenvalue weighted by atomic mass is 9.91. The van der Waals surface area contributed by atoms with Gasteiger partial charge >= 0.3 is 6.01 Å². The van der Waals surface area contributed by atoms with Crippen molar-refractivity contribution in [1.29, 1.82) is 0 Å². The Kier molecular flexibility index (Phi) is 25.0. The third-order valence-electron chi connectivity index (χ3n) is 9.35. The summed E-state index contributed by atoms with van der Waals surface area (Å²) >= 11 is 1.80. The van der Waals surface area contributed by atoms with Gasteiger partial charge in [0, 0.05) is 49.4 Å². The molecule has 0 radical (unpaired) electrons. The van der Waals surface area contributed by atoms with E-state index in [2.05, 4.69) is 66.5 Å². The molecule has 2 rings (SSSR count). The van der Waals surface area contributed by atoms with E-state index in [0.29, 0.717) is 38.2 Å². The van der Waals surface area contributed by atoms with Crippen LogP contribution in [0.25, 0.3) is 0 Å². The highest BCUT2D eigenvalue weighted by Gasteiger charge is 2.16. The molecule has 0 aromatic carbocycles. The van der Waals surface area contributed by atoms with Crippen LogP contribution in [0.1, 0.15) is 125 Å². The number of aliphatic carboxylic acids is 1. The van der Waals surface area contributed by atoms with Crippen LogP contribution in [-0.2, 0) is 14.3 Å². The van der Waals surface area contributed by atoms with Crippen LogP contribution in [0.15, 0.2) is 30.9 Å². The van der Waals surface area contributed by atoms with E-state index in [-0.39, 0.29) is 12.5 Å². The van der Waals surface area contributed by atoms with Crippen LogP contribution in [0.2, 0.25) is 0 Å². The molecule has 4 atom stereocenters. The highest BCUT2D eigenvalue weighted by Crippen LogP contribution is 2.23. The predicted octanol–water partition coefficient (Wildman–Crippen LogP) is 7.59. The van der Waals surface area contributed by atoms with Gasteiger partial charge in [-0.1, -0.05) is 92.4 Å². The molecule has 0 spiro atoms. The number of carboxylic acid groups (broad SMARTS) is 1. The van der Waals surface area contributed by atoms with Crippen LogP contribution in [0.5, 0.6) is 6.01 Å². The summed E-state index contributed by atoms with van der Waals surface area (Å²) in [5.74, 6) is 3.89. The summed E-state index contributed by atoms with van der Waals surface area (Å²) < 4.78 is 20.2. The first-order valence-corrected chi connectivity index (χ1v) is 20.7. The second-order valence-electron chi connectivity index (χ2n) is 14.9. The van der Waals surface area contributed by atoms with E-state index >= 15 is 0 Å². The summed E-state index contributed by atoms with van der Waals surface area (Å²) in [6.45, 7) is 16.1. The number of nitrogens with zero attached hydrogens (tertiary/aromatic N) is 4. The molecule has 1 aliphatic rings. The van der Waals surface area contributed by atoms with Crippen LogP contribution in [0, 0.1) is 23.7 Å². The Morgan fingerprint density at radius 3 is 2.20 bits per heavy atom. The number of rotatable bonds is 32. The average Bonchev–Trinajstić information content (AvgIpc) is 3.53. The molecular formula is C40H70N4O5S. The normalized spacial score (nSPS) is 16.3. The maximum atomic E-state index is 10.5. The number of ether oxygens (including phenoxy) is 3. The summed E-state index contributed by atoms with van der Waals surface area (Å²) in [7, 11) is 0. The molecule has 9 nitrogen and oxygen atoms in total. The highest BCUT2D eigenvalue weighted by atomic mass is 32.2. The van der Waals surface area contributed by atoms with E-state index in [1.54, 1.807) is 30.2 Å². The number of hydrogen-bond acceptors (Lipinski definition) is 9. The van der Waals surface area contributed by atoms with Gasteiger partial charge < -0.3 is 29.0 Å². The molecule has 1 aromatic rings. The van der Waals surface area contributed by atoms with E-state index in [1.807, 2.05) is 6.20 Å². The molecule has 0 aliphatic carbocycles. The number of hydrogen-bond donors (Lipinski definition) is 0. The minimum Gasteiger partial charge on any atom is -0.550 e. The summed E-state index contributed by atoms with van der Waals surface area (Å²) in [4.78, 5) is 21.2. The third kappa shape index (κ3) is 24.1. The maximum Gasteiger partial charge on any atom is 0.316 e. The van der Waals surface area contributed by atoms with Crippen molar-refractivity contribution in [3.8, 4) is 6.01 Å². The first-order valence-electron chi connectivity index (χ1n) is 19.6. The lowest BCUT2D eigenvalue weighted by molar-refractivity contribution is -0.460. The first-order chi connectivity index (χ1) is 24.2. The molecule has 50 heavy (non-hydrogen) atoms.